The number of H-pyrrole nitrogens is 1. The number of carbonyl (C=O) groups excluding carboxylic acids is 1. The molecule has 1 unspecified atom stereocenters. The summed E-state index contributed by atoms with van der Waals surface area (Å²) in [6.45, 7) is 0. The second-order valence-corrected chi connectivity index (χ2v) is 6.75. The molecule has 0 saturated heterocycles. The zero-order valence-electron chi connectivity index (χ0n) is 12.4. The Morgan fingerprint density at radius 2 is 2.05 bits per heavy atom. The number of aromatic nitrogens is 2. The second-order valence-electron chi connectivity index (χ2n) is 4.78. The van der Waals surface area contributed by atoms with Gasteiger partial charge in [0.05, 0.1) is 17.1 Å². The Kier molecular flexibility index (Phi) is 6.45. The number of nitrogens with zero attached hydrogens (tertiary/aromatic N) is 1. The molecule has 0 fully saturated rings. The van der Waals surface area contributed by atoms with Crippen LogP contribution in [0.2, 0.25) is 0 Å². The van der Waals surface area contributed by atoms with Crippen molar-refractivity contribution in [2.24, 2.45) is 0 Å². The highest BCUT2D eigenvalue weighted by molar-refractivity contribution is 7.98. The number of imidazole rings is 1. The largest absolute Gasteiger partial charge is 0.346 e. The summed E-state index contributed by atoms with van der Waals surface area (Å²) in [6.07, 6.45) is 5.52. The molecule has 0 saturated carbocycles. The molecule has 0 bridgehead atoms. The van der Waals surface area contributed by atoms with Gasteiger partial charge in [0.1, 0.15) is 5.82 Å². The van der Waals surface area contributed by atoms with Crippen LogP contribution in [-0.4, -0.2) is 39.9 Å². The van der Waals surface area contributed by atoms with Crippen LogP contribution in [0.25, 0.3) is 11.0 Å². The molecule has 2 rings (SSSR count). The quantitative estimate of drug-likeness (QED) is 0.783. The molecule has 1 aromatic carbocycles. The lowest BCUT2D eigenvalue weighted by Gasteiger charge is -2.16. The van der Waals surface area contributed by atoms with Gasteiger partial charge in [-0.2, -0.15) is 23.5 Å². The van der Waals surface area contributed by atoms with Crippen LogP contribution in [0.5, 0.6) is 0 Å². The zero-order valence-corrected chi connectivity index (χ0v) is 14.0. The number of nitrogens with one attached hydrogen (secondary N) is 2. The summed E-state index contributed by atoms with van der Waals surface area (Å²) in [4.78, 5) is 19.9. The normalized spacial score (nSPS) is 12.5. The standard InChI is InChI=1S/C15H21N3OS2/c1-20-9-7-13(16-14(19)8-10-21-2)15-17-11-5-3-4-6-12(11)18-15/h3-6,13H,7-10H2,1-2H3,(H,16,19)(H,17,18). The number of benzene rings is 1. The van der Waals surface area contributed by atoms with Crippen LogP contribution in [0, 0.1) is 0 Å². The molecule has 0 radical (unpaired) electrons. The first-order valence-corrected chi connectivity index (χ1v) is 9.75. The van der Waals surface area contributed by atoms with E-state index in [0.717, 1.165) is 34.8 Å². The van der Waals surface area contributed by atoms with Crippen LogP contribution in [0.15, 0.2) is 24.3 Å². The van der Waals surface area contributed by atoms with E-state index < -0.39 is 0 Å². The van der Waals surface area contributed by atoms with E-state index in [1.807, 2.05) is 30.5 Å². The van der Waals surface area contributed by atoms with Crippen LogP contribution in [-0.2, 0) is 4.79 Å². The van der Waals surface area contributed by atoms with Gasteiger partial charge in [-0.15, -0.1) is 0 Å². The van der Waals surface area contributed by atoms with Crippen LogP contribution in [0.3, 0.4) is 0 Å². The lowest BCUT2D eigenvalue weighted by molar-refractivity contribution is -0.121. The molecule has 114 valence electrons. The molecule has 4 nitrogen and oxygen atoms in total. The predicted molar refractivity (Wildman–Crippen MR) is 93.0 cm³/mol. The molecular weight excluding hydrogens is 302 g/mol. The number of para-hydroxylation sites is 2. The number of aromatic amines is 1. The highest BCUT2D eigenvalue weighted by Gasteiger charge is 2.17. The third kappa shape index (κ3) is 4.68. The van der Waals surface area contributed by atoms with Crippen molar-refractivity contribution < 1.29 is 4.79 Å². The lowest BCUT2D eigenvalue weighted by Crippen LogP contribution is -2.30. The van der Waals surface area contributed by atoms with E-state index in [9.17, 15) is 4.79 Å². The average molecular weight is 323 g/mol. The highest BCUT2D eigenvalue weighted by atomic mass is 32.2. The highest BCUT2D eigenvalue weighted by Crippen LogP contribution is 2.20. The summed E-state index contributed by atoms with van der Waals surface area (Å²) in [5.41, 5.74) is 1.96. The van der Waals surface area contributed by atoms with E-state index in [1.54, 1.807) is 23.5 Å². The second kappa shape index (κ2) is 8.34. The maximum Gasteiger partial charge on any atom is 0.221 e. The molecule has 2 N–H and O–H groups in total. The van der Waals surface area contributed by atoms with Crippen LogP contribution < -0.4 is 5.32 Å². The third-order valence-corrected chi connectivity index (χ3v) is 4.47. The molecule has 1 aromatic heterocycles. The fourth-order valence-corrected chi connectivity index (χ4v) is 2.97. The molecule has 2 aromatic rings. The summed E-state index contributed by atoms with van der Waals surface area (Å²) >= 11 is 3.47. The smallest absolute Gasteiger partial charge is 0.221 e. The predicted octanol–water partition coefficient (Wildman–Crippen LogP) is 3.23. The molecule has 0 spiro atoms. The third-order valence-electron chi connectivity index (χ3n) is 3.22. The minimum absolute atomic E-state index is 0.0424. The molecule has 0 aliphatic heterocycles. The number of rotatable bonds is 8. The fraction of sp³-hybridized carbons (Fsp3) is 0.467. The van der Waals surface area contributed by atoms with Crippen LogP contribution in [0.4, 0.5) is 0 Å². The van der Waals surface area contributed by atoms with Gasteiger partial charge in [-0.3, -0.25) is 4.79 Å². The first-order valence-electron chi connectivity index (χ1n) is 6.96. The minimum Gasteiger partial charge on any atom is -0.346 e. The Bertz CT molecular complexity index is 552. The summed E-state index contributed by atoms with van der Waals surface area (Å²) in [6, 6.07) is 7.90. The number of thioether (sulfide) groups is 2. The summed E-state index contributed by atoms with van der Waals surface area (Å²) in [5.74, 6) is 2.78. The van der Waals surface area contributed by atoms with Gasteiger partial charge in [0, 0.05) is 12.2 Å². The van der Waals surface area contributed by atoms with E-state index in [2.05, 4.69) is 21.5 Å². The molecule has 0 aliphatic carbocycles. The zero-order chi connectivity index (χ0) is 15.1. The Hall–Kier alpha value is -1.14. The molecule has 6 heteroatoms. The Labute approximate surface area is 133 Å². The topological polar surface area (TPSA) is 57.8 Å². The maximum atomic E-state index is 12.0. The van der Waals surface area contributed by atoms with E-state index in [4.69, 9.17) is 0 Å². The van der Waals surface area contributed by atoms with Crippen molar-refractivity contribution in [2.45, 2.75) is 18.9 Å². The van der Waals surface area contributed by atoms with Crippen molar-refractivity contribution in [3.8, 4) is 0 Å². The van der Waals surface area contributed by atoms with E-state index in [0.29, 0.717) is 6.42 Å². The number of hydrogen-bond acceptors (Lipinski definition) is 4. The van der Waals surface area contributed by atoms with E-state index >= 15 is 0 Å². The number of amides is 1. The van der Waals surface area contributed by atoms with Crippen molar-refractivity contribution in [3.05, 3.63) is 30.1 Å². The van der Waals surface area contributed by atoms with Gasteiger partial charge in [0.25, 0.3) is 0 Å². The average Bonchev–Trinajstić information content (AvgIpc) is 2.93. The Balaban J connectivity index is 2.12. The molecule has 1 amide bonds. The van der Waals surface area contributed by atoms with Gasteiger partial charge in [0.15, 0.2) is 0 Å². The monoisotopic (exact) mass is 323 g/mol. The minimum atomic E-state index is -0.0424. The molecule has 1 atom stereocenters. The SMILES string of the molecule is CSCCC(=O)NC(CCSC)c1nc2ccccc2[nH]1. The van der Waals surface area contributed by atoms with Gasteiger partial charge in [-0.1, -0.05) is 12.1 Å². The van der Waals surface area contributed by atoms with Crippen molar-refractivity contribution in [2.75, 3.05) is 24.0 Å². The Morgan fingerprint density at radius 3 is 2.76 bits per heavy atom. The molecule has 0 aliphatic rings. The summed E-state index contributed by atoms with van der Waals surface area (Å²) < 4.78 is 0. The summed E-state index contributed by atoms with van der Waals surface area (Å²) in [5, 5.41) is 3.10. The Morgan fingerprint density at radius 1 is 1.29 bits per heavy atom. The van der Waals surface area contributed by atoms with Gasteiger partial charge in [-0.25, -0.2) is 4.98 Å². The van der Waals surface area contributed by atoms with Crippen LogP contribution in [0.1, 0.15) is 24.7 Å². The lowest BCUT2D eigenvalue weighted by atomic mass is 10.2. The van der Waals surface area contributed by atoms with Crippen molar-refractivity contribution >= 4 is 40.5 Å². The van der Waals surface area contributed by atoms with Gasteiger partial charge >= 0.3 is 0 Å². The maximum absolute atomic E-state index is 12.0. The van der Waals surface area contributed by atoms with Crippen molar-refractivity contribution in [1.82, 2.24) is 15.3 Å². The van der Waals surface area contributed by atoms with Crippen molar-refractivity contribution in [1.29, 1.82) is 0 Å². The fourth-order valence-electron chi connectivity index (χ4n) is 2.11. The van der Waals surface area contributed by atoms with E-state index in [-0.39, 0.29) is 11.9 Å². The first kappa shape index (κ1) is 16.2. The first-order chi connectivity index (χ1) is 10.2. The summed E-state index contributed by atoms with van der Waals surface area (Å²) in [7, 11) is 0. The number of fused-ring (bicyclic) bond motifs is 1. The van der Waals surface area contributed by atoms with Gasteiger partial charge in [-0.05, 0) is 36.8 Å². The van der Waals surface area contributed by atoms with E-state index in [1.165, 1.54) is 0 Å². The number of hydrogen-bond donors (Lipinski definition) is 2. The molecule has 1 heterocycles. The molecular formula is C15H21N3OS2. The number of carbonyl (C=O) groups is 1. The van der Waals surface area contributed by atoms with Gasteiger partial charge < -0.3 is 10.3 Å². The molecule has 21 heavy (non-hydrogen) atoms. The van der Waals surface area contributed by atoms with Crippen LogP contribution >= 0.6 is 23.5 Å². The van der Waals surface area contributed by atoms with Crippen molar-refractivity contribution in [3.63, 3.8) is 0 Å². The van der Waals surface area contributed by atoms with Gasteiger partial charge in [0.2, 0.25) is 5.91 Å².